The van der Waals surface area contributed by atoms with Crippen LogP contribution in [0.2, 0.25) is 0 Å². The number of aromatic nitrogens is 4. The molecule has 12 nitrogen and oxygen atoms in total. The zero-order chi connectivity index (χ0) is 31.8. The Morgan fingerprint density at radius 3 is 2.43 bits per heavy atom. The van der Waals surface area contributed by atoms with E-state index in [1.165, 1.54) is 25.7 Å². The molecular weight excluding hydrogens is 594 g/mol. The third-order valence-corrected chi connectivity index (χ3v) is 12.2. The maximum atomic E-state index is 11.4. The van der Waals surface area contributed by atoms with Crippen molar-refractivity contribution in [2.24, 2.45) is 11.3 Å². The molecule has 1 aromatic carbocycles. The van der Waals surface area contributed by atoms with Gasteiger partial charge in [0.1, 0.15) is 5.75 Å². The first-order valence-electron chi connectivity index (χ1n) is 17.4. The number of carbonyl (C=O) groups is 1. The largest absolute Gasteiger partial charge is 0.507 e. The molecule has 2 spiro atoms. The fourth-order valence-corrected chi connectivity index (χ4v) is 9.35. The highest BCUT2D eigenvalue weighted by atomic mass is 16.4. The van der Waals surface area contributed by atoms with Gasteiger partial charge in [0.15, 0.2) is 5.82 Å². The standard InChI is InChI=1S/C35H43N9O3/c45-30-4-2-1-3-27(30)28-15-29-31(40-39-28)36-20-26-21-41(11-13-43(26)29)33-37-18-25(19-38-33)42-12-14-44(35(22-42)9-10-35)24-16-34(17-24)7-5-23(6-8-34)32(46)47/h1-4,15,18-19,23-24,26,45H,5-14,16-17,20-22H2,(H,36,40)(H,46,47)/t23-,24-,26-,34?/m0/s1. The number of rotatable bonds is 5. The van der Waals surface area contributed by atoms with Crippen molar-refractivity contribution in [2.75, 3.05) is 65.8 Å². The Balaban J connectivity index is 0.823. The van der Waals surface area contributed by atoms with Crippen molar-refractivity contribution in [3.63, 3.8) is 0 Å². The van der Waals surface area contributed by atoms with Crippen LogP contribution in [0.3, 0.4) is 0 Å². The average molecular weight is 638 g/mol. The van der Waals surface area contributed by atoms with Gasteiger partial charge in [-0.25, -0.2) is 9.97 Å². The fraction of sp³-hybridized carbons (Fsp3) is 0.571. The van der Waals surface area contributed by atoms with Crippen molar-refractivity contribution >= 4 is 29.1 Å². The molecule has 0 unspecified atom stereocenters. The second-order valence-electron chi connectivity index (χ2n) is 14.9. The summed E-state index contributed by atoms with van der Waals surface area (Å²) < 4.78 is 0. The molecule has 5 fully saturated rings. The van der Waals surface area contributed by atoms with Crippen molar-refractivity contribution in [1.29, 1.82) is 0 Å². The van der Waals surface area contributed by atoms with Crippen molar-refractivity contribution < 1.29 is 15.0 Å². The monoisotopic (exact) mass is 637 g/mol. The van der Waals surface area contributed by atoms with Gasteiger partial charge in [-0.05, 0) is 75.0 Å². The third kappa shape index (κ3) is 5.03. The van der Waals surface area contributed by atoms with Crippen molar-refractivity contribution in [1.82, 2.24) is 25.1 Å². The molecule has 9 rings (SSSR count). The molecule has 3 aliphatic carbocycles. The number of piperazine rings is 2. The number of carboxylic acid groups (broad SMARTS) is 1. The number of nitrogens with zero attached hydrogens (tertiary/aromatic N) is 8. The molecule has 47 heavy (non-hydrogen) atoms. The predicted octanol–water partition coefficient (Wildman–Crippen LogP) is 3.84. The molecule has 2 aromatic heterocycles. The van der Waals surface area contributed by atoms with Crippen LogP contribution in [0.4, 0.5) is 23.1 Å². The van der Waals surface area contributed by atoms with Gasteiger partial charge < -0.3 is 30.2 Å². The van der Waals surface area contributed by atoms with Crippen LogP contribution in [0, 0.1) is 11.3 Å². The normalized spacial score (nSPS) is 29.5. The quantitative estimate of drug-likeness (QED) is 0.375. The van der Waals surface area contributed by atoms with E-state index in [2.05, 4.69) is 35.1 Å². The zero-order valence-corrected chi connectivity index (χ0v) is 26.8. The Bertz CT molecular complexity index is 1660. The SMILES string of the molecule is O=C(O)[C@H]1CCC2(CC1)C[C@H](N1CCN(c3cnc(N4CCN5c6cc(-c7ccccc7O)nnc6NC[C@H]5C4)nc3)CC13CC3)C2. The molecule has 1 atom stereocenters. The highest BCUT2D eigenvalue weighted by Gasteiger charge is 2.58. The molecule has 12 heteroatoms. The minimum atomic E-state index is -0.604. The van der Waals surface area contributed by atoms with Gasteiger partial charge in [-0.2, -0.15) is 0 Å². The first kappa shape index (κ1) is 29.0. The topological polar surface area (TPSA) is 134 Å². The summed E-state index contributed by atoms with van der Waals surface area (Å²) in [5.41, 5.74) is 4.15. The lowest BCUT2D eigenvalue weighted by Crippen LogP contribution is -2.63. The number of anilines is 4. The number of phenols is 1. The Kier molecular flexibility index (Phi) is 6.74. The summed E-state index contributed by atoms with van der Waals surface area (Å²) in [6.07, 6.45) is 12.9. The summed E-state index contributed by atoms with van der Waals surface area (Å²) in [7, 11) is 0. The van der Waals surface area contributed by atoms with Gasteiger partial charge in [0.2, 0.25) is 5.95 Å². The molecule has 0 bridgehead atoms. The van der Waals surface area contributed by atoms with E-state index in [-0.39, 0.29) is 23.2 Å². The van der Waals surface area contributed by atoms with Crippen LogP contribution in [-0.4, -0.2) is 105 Å². The van der Waals surface area contributed by atoms with Gasteiger partial charge in [0.25, 0.3) is 0 Å². The summed E-state index contributed by atoms with van der Waals surface area (Å²) in [5.74, 6) is 1.03. The number of aromatic hydroxyl groups is 1. The summed E-state index contributed by atoms with van der Waals surface area (Å²) in [4.78, 5) is 31.2. The van der Waals surface area contributed by atoms with E-state index in [9.17, 15) is 15.0 Å². The minimum absolute atomic E-state index is 0.126. The number of hydrogen-bond acceptors (Lipinski definition) is 11. The van der Waals surface area contributed by atoms with Crippen LogP contribution in [0.15, 0.2) is 42.7 Å². The Labute approximate surface area is 274 Å². The second-order valence-corrected chi connectivity index (χ2v) is 14.9. The molecule has 0 amide bonds. The van der Waals surface area contributed by atoms with Gasteiger partial charge in [-0.3, -0.25) is 9.69 Å². The van der Waals surface area contributed by atoms with Crippen LogP contribution >= 0.6 is 0 Å². The third-order valence-electron chi connectivity index (χ3n) is 12.2. The van der Waals surface area contributed by atoms with Crippen molar-refractivity contribution in [3.8, 4) is 17.0 Å². The van der Waals surface area contributed by atoms with Crippen LogP contribution in [0.25, 0.3) is 11.3 Å². The number of aliphatic carboxylic acids is 1. The lowest BCUT2D eigenvalue weighted by Gasteiger charge is -2.58. The minimum Gasteiger partial charge on any atom is -0.507 e. The Hall–Kier alpha value is -4.19. The summed E-state index contributed by atoms with van der Waals surface area (Å²) >= 11 is 0. The molecule has 3 N–H and O–H groups in total. The molecule has 3 saturated carbocycles. The van der Waals surface area contributed by atoms with Crippen molar-refractivity contribution in [3.05, 3.63) is 42.7 Å². The van der Waals surface area contributed by atoms with E-state index < -0.39 is 5.97 Å². The lowest BCUT2D eigenvalue weighted by molar-refractivity contribution is -0.145. The molecule has 3 aliphatic heterocycles. The molecule has 5 heterocycles. The van der Waals surface area contributed by atoms with E-state index in [1.54, 1.807) is 6.07 Å². The molecule has 0 radical (unpaired) electrons. The molecule has 246 valence electrons. The molecular formula is C35H43N9O3. The maximum absolute atomic E-state index is 11.4. The predicted molar refractivity (Wildman–Crippen MR) is 179 cm³/mol. The van der Waals surface area contributed by atoms with Gasteiger partial charge in [-0.15, -0.1) is 10.2 Å². The van der Waals surface area contributed by atoms with Crippen LogP contribution < -0.4 is 20.0 Å². The van der Waals surface area contributed by atoms with E-state index in [1.807, 2.05) is 36.7 Å². The van der Waals surface area contributed by atoms with Gasteiger partial charge in [-0.1, -0.05) is 12.1 Å². The number of para-hydroxylation sites is 1. The number of phenolic OH excluding ortho intramolecular Hbond substituents is 1. The molecule has 3 aromatic rings. The van der Waals surface area contributed by atoms with Crippen LogP contribution in [0.1, 0.15) is 51.4 Å². The first-order chi connectivity index (χ1) is 22.9. The van der Waals surface area contributed by atoms with E-state index in [4.69, 9.17) is 9.97 Å². The molecule has 2 saturated heterocycles. The zero-order valence-electron chi connectivity index (χ0n) is 26.8. The van der Waals surface area contributed by atoms with Crippen LogP contribution in [0.5, 0.6) is 5.75 Å². The van der Waals surface area contributed by atoms with Crippen molar-refractivity contribution in [2.45, 2.75) is 69.0 Å². The number of carboxylic acids is 1. The van der Waals surface area contributed by atoms with Gasteiger partial charge >= 0.3 is 5.97 Å². The van der Waals surface area contributed by atoms with E-state index in [0.717, 1.165) is 94.6 Å². The highest BCUT2D eigenvalue weighted by molar-refractivity contribution is 5.77. The van der Waals surface area contributed by atoms with Gasteiger partial charge in [0, 0.05) is 63.0 Å². The number of hydrogen-bond donors (Lipinski definition) is 3. The first-order valence-corrected chi connectivity index (χ1v) is 17.4. The highest BCUT2D eigenvalue weighted by Crippen LogP contribution is 2.58. The summed E-state index contributed by atoms with van der Waals surface area (Å²) in [6, 6.07) is 10.2. The smallest absolute Gasteiger partial charge is 0.306 e. The maximum Gasteiger partial charge on any atom is 0.306 e. The molecule has 6 aliphatic rings. The lowest BCUT2D eigenvalue weighted by atomic mass is 9.56. The van der Waals surface area contributed by atoms with E-state index in [0.29, 0.717) is 22.7 Å². The summed E-state index contributed by atoms with van der Waals surface area (Å²) in [5, 5.41) is 32.1. The van der Waals surface area contributed by atoms with Gasteiger partial charge in [0.05, 0.1) is 41.4 Å². The Morgan fingerprint density at radius 2 is 1.68 bits per heavy atom. The number of fused-ring (bicyclic) bond motifs is 3. The Morgan fingerprint density at radius 1 is 0.915 bits per heavy atom. The van der Waals surface area contributed by atoms with Crippen LogP contribution in [-0.2, 0) is 4.79 Å². The fourth-order valence-electron chi connectivity index (χ4n) is 9.35. The van der Waals surface area contributed by atoms with E-state index >= 15 is 0 Å². The summed E-state index contributed by atoms with van der Waals surface area (Å²) in [6.45, 7) is 6.32. The second kappa shape index (κ2) is 10.9. The number of nitrogens with one attached hydrogen (secondary N) is 1. The number of benzene rings is 1. The average Bonchev–Trinajstić information content (AvgIpc) is 3.86.